The fourth-order valence-corrected chi connectivity index (χ4v) is 10.4. The Bertz CT molecular complexity index is 979. The molecule has 1 N–H and O–H groups in total. The average molecular weight is 498 g/mol. The molecule has 0 aromatic heterocycles. The van der Waals surface area contributed by atoms with Gasteiger partial charge in [-0.15, -0.1) is 0 Å². The molecule has 8 atom stereocenters. The van der Waals surface area contributed by atoms with E-state index in [1.165, 1.54) is 51.4 Å². The molecule has 7 unspecified atom stereocenters. The Balaban J connectivity index is 1.08. The quantitative estimate of drug-likeness (QED) is 0.470. The number of halogens is 1. The van der Waals surface area contributed by atoms with Crippen LogP contribution in [0.5, 0.6) is 0 Å². The number of aliphatic hydroxyl groups is 1. The maximum Gasteiger partial charge on any atom is 0.226 e. The van der Waals surface area contributed by atoms with Crippen molar-refractivity contribution in [2.24, 2.45) is 40.4 Å². The minimum absolute atomic E-state index is 0.0527. The highest BCUT2D eigenvalue weighted by Crippen LogP contribution is 2.67. The number of fused-ring (bicyclic) bond motifs is 6. The molecule has 3 nitrogen and oxygen atoms in total. The highest BCUT2D eigenvalue weighted by atomic mass is 35.5. The summed E-state index contributed by atoms with van der Waals surface area (Å²) < 4.78 is 0. The summed E-state index contributed by atoms with van der Waals surface area (Å²) in [5, 5.41) is 11.1. The molecule has 192 valence electrons. The molecule has 4 aliphatic carbocycles. The smallest absolute Gasteiger partial charge is 0.226 e. The number of hydrogen-bond donors (Lipinski definition) is 1. The van der Waals surface area contributed by atoms with Crippen LogP contribution in [-0.2, 0) is 11.2 Å². The molecule has 0 spiro atoms. The third-order valence-electron chi connectivity index (χ3n) is 12.0. The van der Waals surface area contributed by atoms with Gasteiger partial charge in [0.2, 0.25) is 5.91 Å². The summed E-state index contributed by atoms with van der Waals surface area (Å²) in [5.41, 5.74) is 3.10. The van der Waals surface area contributed by atoms with Crippen molar-refractivity contribution in [3.05, 3.63) is 28.8 Å². The highest BCUT2D eigenvalue weighted by molar-refractivity contribution is 6.32. The maximum absolute atomic E-state index is 13.1. The molecule has 1 heterocycles. The van der Waals surface area contributed by atoms with Crippen molar-refractivity contribution >= 4 is 23.2 Å². The van der Waals surface area contributed by atoms with Crippen LogP contribution in [0.15, 0.2) is 18.2 Å². The van der Waals surface area contributed by atoms with E-state index in [1.807, 2.05) is 17.0 Å². The maximum atomic E-state index is 13.1. The Labute approximate surface area is 217 Å². The fourth-order valence-electron chi connectivity index (χ4n) is 10.1. The molecule has 1 aromatic carbocycles. The molecule has 35 heavy (non-hydrogen) atoms. The molecular weight excluding hydrogens is 454 g/mol. The van der Waals surface area contributed by atoms with Crippen LogP contribution < -0.4 is 4.90 Å². The van der Waals surface area contributed by atoms with Crippen molar-refractivity contribution in [3.63, 3.8) is 0 Å². The molecule has 1 amide bonds. The molecule has 1 aliphatic heterocycles. The lowest BCUT2D eigenvalue weighted by atomic mass is 9.44. The standard InChI is InChI=1S/C31H44ClNO2/c1-30-17-14-26-23(11-9-21-19-22(34)13-16-31(21,26)2)25(30)12-10-20(30)5-3-8-29(35)33-18-15-24-27(32)6-4-7-28(24)33/h4,6-7,20-23,25-26,34H,3,5,8-19H2,1-2H3/t20?,21?,22-,23?,25?,26?,30?,31?/m1/s1. The van der Waals surface area contributed by atoms with Crippen molar-refractivity contribution in [3.8, 4) is 0 Å². The van der Waals surface area contributed by atoms with Gasteiger partial charge in [-0.2, -0.15) is 0 Å². The van der Waals surface area contributed by atoms with E-state index in [2.05, 4.69) is 19.9 Å². The first-order valence-corrected chi connectivity index (χ1v) is 14.9. The molecule has 0 bridgehead atoms. The normalized spacial score (nSPS) is 42.2. The van der Waals surface area contributed by atoms with Gasteiger partial charge in [-0.3, -0.25) is 4.79 Å². The average Bonchev–Trinajstić information content (AvgIpc) is 3.42. The van der Waals surface area contributed by atoms with Crippen LogP contribution in [-0.4, -0.2) is 23.7 Å². The monoisotopic (exact) mass is 497 g/mol. The van der Waals surface area contributed by atoms with Gasteiger partial charge in [-0.05, 0) is 135 Å². The summed E-state index contributed by atoms with van der Waals surface area (Å²) in [6, 6.07) is 5.95. The Morgan fingerprint density at radius 1 is 1.06 bits per heavy atom. The second-order valence-corrected chi connectivity index (χ2v) is 13.7. The summed E-state index contributed by atoms with van der Waals surface area (Å²) in [5.74, 6) is 4.43. The second kappa shape index (κ2) is 9.05. The number of nitrogens with zero attached hydrogens (tertiary/aromatic N) is 1. The van der Waals surface area contributed by atoms with E-state index in [0.29, 0.717) is 17.3 Å². The SMILES string of the molecule is CC12CCC3C(CCC4C[C@H](O)CCC43C)C1CCC2CCCC(=O)N1CCc2c(Cl)cccc21. The zero-order chi connectivity index (χ0) is 24.4. The van der Waals surface area contributed by atoms with E-state index in [0.717, 1.165) is 78.1 Å². The van der Waals surface area contributed by atoms with Crippen LogP contribution in [0.25, 0.3) is 0 Å². The lowest BCUT2D eigenvalue weighted by Crippen LogP contribution is -2.53. The van der Waals surface area contributed by atoms with Gasteiger partial charge in [0.15, 0.2) is 0 Å². The minimum Gasteiger partial charge on any atom is -0.393 e. The number of amides is 1. The third-order valence-corrected chi connectivity index (χ3v) is 12.4. The molecular formula is C31H44ClNO2. The van der Waals surface area contributed by atoms with Crippen LogP contribution in [0.1, 0.15) is 96.5 Å². The first-order valence-electron chi connectivity index (χ1n) is 14.6. The largest absolute Gasteiger partial charge is 0.393 e. The Kier molecular flexibility index (Phi) is 6.28. The van der Waals surface area contributed by atoms with E-state index in [1.54, 1.807) is 0 Å². The van der Waals surface area contributed by atoms with Gasteiger partial charge in [0.05, 0.1) is 6.10 Å². The molecule has 0 saturated heterocycles. The van der Waals surface area contributed by atoms with E-state index in [4.69, 9.17) is 11.6 Å². The van der Waals surface area contributed by atoms with E-state index < -0.39 is 0 Å². The number of benzene rings is 1. The van der Waals surface area contributed by atoms with Crippen molar-refractivity contribution in [2.45, 2.75) is 103 Å². The summed E-state index contributed by atoms with van der Waals surface area (Å²) >= 11 is 6.36. The molecule has 4 heteroatoms. The van der Waals surface area contributed by atoms with Crippen molar-refractivity contribution in [1.29, 1.82) is 0 Å². The lowest BCUT2D eigenvalue weighted by Gasteiger charge is -2.61. The van der Waals surface area contributed by atoms with Crippen LogP contribution in [0.3, 0.4) is 0 Å². The minimum atomic E-state index is -0.0527. The Morgan fingerprint density at radius 2 is 1.86 bits per heavy atom. The van der Waals surface area contributed by atoms with Gasteiger partial charge in [-0.1, -0.05) is 31.5 Å². The number of rotatable bonds is 4. The molecule has 6 rings (SSSR count). The van der Waals surface area contributed by atoms with Gasteiger partial charge in [-0.25, -0.2) is 0 Å². The number of hydrogen-bond acceptors (Lipinski definition) is 2. The summed E-state index contributed by atoms with van der Waals surface area (Å²) in [4.78, 5) is 15.1. The van der Waals surface area contributed by atoms with Gasteiger partial charge in [0, 0.05) is 23.7 Å². The van der Waals surface area contributed by atoms with Crippen molar-refractivity contribution < 1.29 is 9.90 Å². The van der Waals surface area contributed by atoms with Crippen molar-refractivity contribution in [2.75, 3.05) is 11.4 Å². The molecule has 4 fully saturated rings. The molecule has 4 saturated carbocycles. The van der Waals surface area contributed by atoms with Gasteiger partial charge in [0.25, 0.3) is 0 Å². The van der Waals surface area contributed by atoms with E-state index in [-0.39, 0.29) is 12.0 Å². The molecule has 5 aliphatic rings. The first-order chi connectivity index (χ1) is 16.8. The van der Waals surface area contributed by atoms with Gasteiger partial charge < -0.3 is 10.0 Å². The summed E-state index contributed by atoms with van der Waals surface area (Å²) in [7, 11) is 0. The van der Waals surface area contributed by atoms with Gasteiger partial charge >= 0.3 is 0 Å². The summed E-state index contributed by atoms with van der Waals surface area (Å²) in [6.45, 7) is 5.98. The van der Waals surface area contributed by atoms with Crippen LogP contribution in [0, 0.1) is 40.4 Å². The number of carbonyl (C=O) groups excluding carboxylic acids is 1. The second-order valence-electron chi connectivity index (χ2n) is 13.3. The van der Waals surface area contributed by atoms with Crippen LogP contribution >= 0.6 is 11.6 Å². The molecule has 1 aromatic rings. The predicted octanol–water partition coefficient (Wildman–Crippen LogP) is 7.42. The number of anilines is 1. The van der Waals surface area contributed by atoms with Crippen LogP contribution in [0.4, 0.5) is 5.69 Å². The third kappa shape index (κ3) is 3.90. The van der Waals surface area contributed by atoms with Crippen molar-refractivity contribution in [1.82, 2.24) is 0 Å². The van der Waals surface area contributed by atoms with Gasteiger partial charge in [0.1, 0.15) is 0 Å². The van der Waals surface area contributed by atoms with E-state index >= 15 is 0 Å². The summed E-state index contributed by atoms with van der Waals surface area (Å²) in [6.07, 6.45) is 15.3. The first kappa shape index (κ1) is 24.3. The Morgan fingerprint density at radius 3 is 2.71 bits per heavy atom. The zero-order valence-electron chi connectivity index (χ0n) is 21.8. The lowest BCUT2D eigenvalue weighted by molar-refractivity contribution is -0.127. The number of aliphatic hydroxyl groups excluding tert-OH is 1. The topological polar surface area (TPSA) is 40.5 Å². The predicted molar refractivity (Wildman–Crippen MR) is 143 cm³/mol. The highest BCUT2D eigenvalue weighted by Gasteiger charge is 2.59. The Hall–Kier alpha value is -1.06. The van der Waals surface area contributed by atoms with Crippen LogP contribution in [0.2, 0.25) is 5.02 Å². The zero-order valence-corrected chi connectivity index (χ0v) is 22.5. The fraction of sp³-hybridized carbons (Fsp3) is 0.774. The van der Waals surface area contributed by atoms with E-state index in [9.17, 15) is 9.90 Å². The molecule has 0 radical (unpaired) electrons. The number of carbonyl (C=O) groups is 1.